The van der Waals surface area contributed by atoms with Gasteiger partial charge in [-0.2, -0.15) is 4.99 Å². The molecule has 0 aliphatic rings. The van der Waals surface area contributed by atoms with Crippen LogP contribution in [-0.2, 0) is 26.1 Å². The Labute approximate surface area is 233 Å². The zero-order chi connectivity index (χ0) is 28.2. The Morgan fingerprint density at radius 3 is 2.38 bits per heavy atom. The van der Waals surface area contributed by atoms with E-state index in [9.17, 15) is 18.0 Å². The van der Waals surface area contributed by atoms with Gasteiger partial charge in [-0.15, -0.1) is 0 Å². The van der Waals surface area contributed by atoms with Crippen molar-refractivity contribution in [3.63, 3.8) is 0 Å². The average molecular weight is 590 g/mol. The average Bonchev–Trinajstić information content (AvgIpc) is 3.23. The SMILES string of the molecule is CCOC(=O)Cn1c(=NC(=O)c2cccc(NS(=O)(=O)c3ccc(Cl)cc3)c2)sc2cc(OC)c(OC)cc21. The molecule has 0 atom stereocenters. The van der Waals surface area contributed by atoms with Gasteiger partial charge >= 0.3 is 5.97 Å². The molecule has 10 nitrogen and oxygen atoms in total. The summed E-state index contributed by atoms with van der Waals surface area (Å²) in [6.45, 7) is 1.71. The van der Waals surface area contributed by atoms with Crippen LogP contribution in [0.15, 0.2) is 70.6 Å². The molecule has 4 rings (SSSR count). The molecule has 0 fully saturated rings. The zero-order valence-electron chi connectivity index (χ0n) is 21.1. The Balaban J connectivity index is 1.73. The molecule has 0 aliphatic carbocycles. The van der Waals surface area contributed by atoms with Crippen LogP contribution in [0.1, 0.15) is 17.3 Å². The molecule has 0 spiro atoms. The third-order valence-electron chi connectivity index (χ3n) is 5.46. The van der Waals surface area contributed by atoms with E-state index in [4.69, 9.17) is 25.8 Å². The van der Waals surface area contributed by atoms with E-state index in [0.29, 0.717) is 26.7 Å². The fraction of sp³-hybridized carbons (Fsp3) is 0.192. The fourth-order valence-electron chi connectivity index (χ4n) is 3.67. The van der Waals surface area contributed by atoms with Crippen LogP contribution in [0.2, 0.25) is 5.02 Å². The van der Waals surface area contributed by atoms with Gasteiger partial charge in [0.05, 0.1) is 35.9 Å². The van der Waals surface area contributed by atoms with Crippen molar-refractivity contribution in [3.8, 4) is 11.5 Å². The molecule has 0 radical (unpaired) electrons. The van der Waals surface area contributed by atoms with Gasteiger partial charge in [0.15, 0.2) is 16.3 Å². The second kappa shape index (κ2) is 11.9. The lowest BCUT2D eigenvalue weighted by Gasteiger charge is -2.09. The van der Waals surface area contributed by atoms with Gasteiger partial charge in [0.2, 0.25) is 0 Å². The van der Waals surface area contributed by atoms with Gasteiger partial charge in [0.25, 0.3) is 15.9 Å². The topological polar surface area (TPSA) is 125 Å². The Morgan fingerprint density at radius 1 is 1.03 bits per heavy atom. The number of carbonyl (C=O) groups is 2. The van der Waals surface area contributed by atoms with Crippen LogP contribution in [0.3, 0.4) is 0 Å². The first kappa shape index (κ1) is 28.1. The maximum atomic E-state index is 13.2. The number of esters is 1. The van der Waals surface area contributed by atoms with Crippen molar-refractivity contribution < 1.29 is 32.2 Å². The van der Waals surface area contributed by atoms with Crippen molar-refractivity contribution in [1.29, 1.82) is 0 Å². The van der Waals surface area contributed by atoms with Crippen LogP contribution in [0.4, 0.5) is 5.69 Å². The number of ether oxygens (including phenoxy) is 3. The molecule has 0 unspecified atom stereocenters. The lowest BCUT2D eigenvalue weighted by atomic mass is 10.2. The van der Waals surface area contributed by atoms with E-state index in [2.05, 4.69) is 9.71 Å². The molecule has 1 heterocycles. The summed E-state index contributed by atoms with van der Waals surface area (Å²) in [6.07, 6.45) is 0. The van der Waals surface area contributed by atoms with E-state index in [1.807, 2.05) is 0 Å². The number of hydrogen-bond donors (Lipinski definition) is 1. The molecule has 0 aliphatic heterocycles. The quantitative estimate of drug-likeness (QED) is 0.285. The number of aromatic nitrogens is 1. The van der Waals surface area contributed by atoms with Gasteiger partial charge in [-0.05, 0) is 49.4 Å². The lowest BCUT2D eigenvalue weighted by Crippen LogP contribution is -2.23. The number of methoxy groups -OCH3 is 2. The maximum absolute atomic E-state index is 13.2. The number of halogens is 1. The standard InChI is InChI=1S/C26H24ClN3O7S2/c1-4-37-24(31)15-30-20-13-21(35-2)22(36-3)14-23(20)38-26(30)28-25(32)16-6-5-7-18(12-16)29-39(33,34)19-10-8-17(27)9-11-19/h5-14,29H,4,15H2,1-3H3. The summed E-state index contributed by atoms with van der Waals surface area (Å²) in [5, 5.41) is 0.404. The van der Waals surface area contributed by atoms with Crippen LogP contribution in [0.25, 0.3) is 10.2 Å². The number of anilines is 1. The number of thiazole rings is 1. The van der Waals surface area contributed by atoms with Gasteiger partial charge in [-0.1, -0.05) is 29.0 Å². The summed E-state index contributed by atoms with van der Waals surface area (Å²) in [7, 11) is -0.914. The van der Waals surface area contributed by atoms with E-state index >= 15 is 0 Å². The van der Waals surface area contributed by atoms with Gasteiger partial charge < -0.3 is 18.8 Å². The molecule has 3 aromatic carbocycles. The van der Waals surface area contributed by atoms with Gasteiger partial charge in [-0.3, -0.25) is 14.3 Å². The number of carbonyl (C=O) groups excluding carboxylic acids is 2. The van der Waals surface area contributed by atoms with Crippen LogP contribution < -0.4 is 19.0 Å². The van der Waals surface area contributed by atoms with Crippen LogP contribution in [-0.4, -0.2) is 45.7 Å². The van der Waals surface area contributed by atoms with Gasteiger partial charge in [0, 0.05) is 28.4 Å². The first-order valence-electron chi connectivity index (χ1n) is 11.5. The molecule has 1 aromatic heterocycles. The zero-order valence-corrected chi connectivity index (χ0v) is 23.5. The molecule has 0 bridgehead atoms. The molecule has 13 heteroatoms. The number of fused-ring (bicyclic) bond motifs is 1. The third-order valence-corrected chi connectivity index (χ3v) is 8.15. The highest BCUT2D eigenvalue weighted by Gasteiger charge is 2.18. The maximum Gasteiger partial charge on any atom is 0.326 e. The lowest BCUT2D eigenvalue weighted by molar-refractivity contribution is -0.143. The smallest absolute Gasteiger partial charge is 0.326 e. The van der Waals surface area contributed by atoms with Crippen molar-refractivity contribution in [2.75, 3.05) is 25.5 Å². The molecule has 4 aromatic rings. The molecule has 1 N–H and O–H groups in total. The highest BCUT2D eigenvalue weighted by Crippen LogP contribution is 2.33. The second-order valence-corrected chi connectivity index (χ2v) is 11.1. The molecule has 39 heavy (non-hydrogen) atoms. The normalized spacial score (nSPS) is 11.8. The van der Waals surface area contributed by atoms with Crippen LogP contribution in [0.5, 0.6) is 11.5 Å². The van der Waals surface area contributed by atoms with Gasteiger partial charge in [-0.25, -0.2) is 8.42 Å². The number of hydrogen-bond acceptors (Lipinski definition) is 8. The summed E-state index contributed by atoms with van der Waals surface area (Å²) in [4.78, 5) is 30.1. The molecule has 204 valence electrons. The summed E-state index contributed by atoms with van der Waals surface area (Å²) in [5.74, 6) is -0.211. The molecule has 0 saturated heterocycles. The Morgan fingerprint density at radius 2 is 1.72 bits per heavy atom. The monoisotopic (exact) mass is 589 g/mol. The van der Waals surface area contributed by atoms with Crippen molar-refractivity contribution in [3.05, 3.63) is 76.1 Å². The van der Waals surface area contributed by atoms with E-state index in [1.54, 1.807) is 23.6 Å². The number of benzene rings is 3. The van der Waals surface area contributed by atoms with Crippen LogP contribution in [0, 0.1) is 0 Å². The predicted octanol–water partition coefficient (Wildman–Crippen LogP) is 4.48. The highest BCUT2D eigenvalue weighted by molar-refractivity contribution is 7.92. The minimum atomic E-state index is -3.92. The van der Waals surface area contributed by atoms with E-state index < -0.39 is 21.9 Å². The highest BCUT2D eigenvalue weighted by atomic mass is 35.5. The van der Waals surface area contributed by atoms with Gasteiger partial charge in [0.1, 0.15) is 6.54 Å². The summed E-state index contributed by atoms with van der Waals surface area (Å²) in [5.41, 5.74) is 0.916. The minimum Gasteiger partial charge on any atom is -0.493 e. The molecular weight excluding hydrogens is 566 g/mol. The Kier molecular flexibility index (Phi) is 8.58. The molecule has 0 saturated carbocycles. The first-order valence-corrected chi connectivity index (χ1v) is 14.2. The van der Waals surface area contributed by atoms with Crippen molar-refractivity contribution >= 4 is 60.7 Å². The fourth-order valence-corrected chi connectivity index (χ4v) is 5.88. The number of sulfonamides is 1. The van der Waals surface area contributed by atoms with Crippen molar-refractivity contribution in [2.45, 2.75) is 18.4 Å². The minimum absolute atomic E-state index is 0.0180. The van der Waals surface area contributed by atoms with Crippen LogP contribution >= 0.6 is 22.9 Å². The number of nitrogens with zero attached hydrogens (tertiary/aromatic N) is 2. The predicted molar refractivity (Wildman–Crippen MR) is 148 cm³/mol. The van der Waals surface area contributed by atoms with Crippen molar-refractivity contribution in [2.24, 2.45) is 4.99 Å². The Bertz CT molecular complexity index is 1710. The molecule has 1 amide bonds. The number of nitrogens with one attached hydrogen (secondary N) is 1. The third kappa shape index (κ3) is 6.41. The van der Waals surface area contributed by atoms with E-state index in [1.165, 1.54) is 74.1 Å². The Hall–Kier alpha value is -3.87. The summed E-state index contributed by atoms with van der Waals surface area (Å²) < 4.78 is 46.1. The number of amides is 1. The largest absolute Gasteiger partial charge is 0.493 e. The number of rotatable bonds is 9. The van der Waals surface area contributed by atoms with Crippen molar-refractivity contribution in [1.82, 2.24) is 4.57 Å². The second-order valence-electron chi connectivity index (χ2n) is 8.01. The first-order chi connectivity index (χ1) is 18.6. The summed E-state index contributed by atoms with van der Waals surface area (Å²) in [6, 6.07) is 15.1. The summed E-state index contributed by atoms with van der Waals surface area (Å²) >= 11 is 7.03. The van der Waals surface area contributed by atoms with E-state index in [-0.39, 0.29) is 34.1 Å². The molecular formula is C26H24ClN3O7S2. The van der Waals surface area contributed by atoms with E-state index in [0.717, 1.165) is 0 Å².